The van der Waals surface area contributed by atoms with Gasteiger partial charge in [-0.15, -0.1) is 0 Å². The van der Waals surface area contributed by atoms with E-state index in [1.807, 2.05) is 6.07 Å². The van der Waals surface area contributed by atoms with Crippen molar-refractivity contribution in [2.45, 2.75) is 0 Å². The van der Waals surface area contributed by atoms with Crippen molar-refractivity contribution in [2.75, 3.05) is 26.1 Å². The van der Waals surface area contributed by atoms with Crippen molar-refractivity contribution in [2.24, 2.45) is 0 Å². The molecule has 2 rings (SSSR count). The summed E-state index contributed by atoms with van der Waals surface area (Å²) in [6.07, 6.45) is 0. The fourth-order valence-electron chi connectivity index (χ4n) is 1.59. The molecular weight excluding hydrogens is 206 g/mol. The summed E-state index contributed by atoms with van der Waals surface area (Å²) in [5, 5.41) is 0.799. The second kappa shape index (κ2) is 3.89. The van der Waals surface area contributed by atoms with Crippen LogP contribution in [0, 0.1) is 0 Å². The lowest BCUT2D eigenvalue weighted by Gasteiger charge is -2.12. The van der Waals surface area contributed by atoms with Gasteiger partial charge in [0.25, 0.3) is 0 Å². The smallest absolute Gasteiger partial charge is 0.360 e. The fraction of sp³-hybridized carbons (Fsp3) is 0.250. The number of hydrogen-bond acceptors (Lipinski definition) is 4. The van der Waals surface area contributed by atoms with Crippen LogP contribution in [0.1, 0.15) is 0 Å². The maximum absolute atomic E-state index is 11.6. The molecule has 1 aromatic heterocycles. The molecule has 0 amide bonds. The van der Waals surface area contributed by atoms with Gasteiger partial charge in [-0.1, -0.05) is 6.07 Å². The van der Waals surface area contributed by atoms with E-state index in [-0.39, 0.29) is 5.63 Å². The maximum atomic E-state index is 11.6. The van der Waals surface area contributed by atoms with Crippen LogP contribution >= 0.6 is 0 Å². The normalized spacial score (nSPS) is 10.4. The van der Waals surface area contributed by atoms with Crippen molar-refractivity contribution in [3.05, 3.63) is 34.7 Å². The van der Waals surface area contributed by atoms with Crippen LogP contribution in [-0.4, -0.2) is 21.2 Å². The Labute approximate surface area is 93.0 Å². The Hall–Kier alpha value is -1.97. The van der Waals surface area contributed by atoms with Gasteiger partial charge in [-0.25, -0.2) is 4.79 Å². The van der Waals surface area contributed by atoms with Gasteiger partial charge in [0.1, 0.15) is 17.0 Å². The molecule has 0 N–H and O–H groups in total. The van der Waals surface area contributed by atoms with Crippen molar-refractivity contribution in [3.63, 3.8) is 0 Å². The Morgan fingerprint density at radius 1 is 1.31 bits per heavy atom. The summed E-state index contributed by atoms with van der Waals surface area (Å²) in [6, 6.07) is 7.15. The average molecular weight is 219 g/mol. The SMILES string of the molecule is COc1cccc2oc(=O)c(N(C)C)cc12. The highest BCUT2D eigenvalue weighted by Gasteiger charge is 2.09. The lowest BCUT2D eigenvalue weighted by atomic mass is 10.2. The summed E-state index contributed by atoms with van der Waals surface area (Å²) in [5.41, 5.74) is 0.706. The predicted octanol–water partition coefficient (Wildman–Crippen LogP) is 1.87. The average Bonchev–Trinajstić information content (AvgIpc) is 2.26. The lowest BCUT2D eigenvalue weighted by molar-refractivity contribution is 0.418. The van der Waals surface area contributed by atoms with Gasteiger partial charge in [0.2, 0.25) is 0 Å². The van der Waals surface area contributed by atoms with Crippen molar-refractivity contribution in [3.8, 4) is 5.75 Å². The number of anilines is 1. The van der Waals surface area contributed by atoms with Gasteiger partial charge in [-0.05, 0) is 18.2 Å². The number of fused-ring (bicyclic) bond motifs is 1. The minimum Gasteiger partial charge on any atom is -0.496 e. The lowest BCUT2D eigenvalue weighted by Crippen LogP contribution is -2.17. The van der Waals surface area contributed by atoms with E-state index in [4.69, 9.17) is 9.15 Å². The van der Waals surface area contributed by atoms with Gasteiger partial charge < -0.3 is 14.1 Å². The van der Waals surface area contributed by atoms with Crippen LogP contribution < -0.4 is 15.3 Å². The highest BCUT2D eigenvalue weighted by molar-refractivity contribution is 5.85. The number of rotatable bonds is 2. The van der Waals surface area contributed by atoms with Crippen LogP contribution in [-0.2, 0) is 0 Å². The molecule has 0 aliphatic heterocycles. The maximum Gasteiger partial charge on any atom is 0.360 e. The van der Waals surface area contributed by atoms with E-state index in [1.165, 1.54) is 0 Å². The molecule has 4 heteroatoms. The first-order valence-corrected chi connectivity index (χ1v) is 4.91. The number of nitrogens with zero attached hydrogens (tertiary/aromatic N) is 1. The molecule has 0 fully saturated rings. The van der Waals surface area contributed by atoms with Crippen molar-refractivity contribution in [1.29, 1.82) is 0 Å². The molecule has 0 atom stereocenters. The van der Waals surface area contributed by atoms with Crippen LogP contribution in [0.4, 0.5) is 5.69 Å². The summed E-state index contributed by atoms with van der Waals surface area (Å²) in [4.78, 5) is 13.3. The van der Waals surface area contributed by atoms with E-state index in [1.54, 1.807) is 44.3 Å². The molecule has 4 nitrogen and oxygen atoms in total. The zero-order valence-corrected chi connectivity index (χ0v) is 9.48. The molecule has 1 heterocycles. The standard InChI is InChI=1S/C12H13NO3/c1-13(2)9-7-8-10(15-3)5-4-6-11(8)16-12(9)14/h4-7H,1-3H3. The summed E-state index contributed by atoms with van der Waals surface area (Å²) in [7, 11) is 5.19. The topological polar surface area (TPSA) is 42.7 Å². The first kappa shape index (κ1) is 10.5. The van der Waals surface area contributed by atoms with Gasteiger partial charge in [0.15, 0.2) is 0 Å². The van der Waals surface area contributed by atoms with Crippen LogP contribution in [0.25, 0.3) is 11.0 Å². The summed E-state index contributed by atoms with van der Waals surface area (Å²) in [6.45, 7) is 0. The molecule has 2 aromatic rings. The Morgan fingerprint density at radius 3 is 2.69 bits per heavy atom. The molecule has 0 unspecified atom stereocenters. The van der Waals surface area contributed by atoms with Gasteiger partial charge in [0.05, 0.1) is 12.5 Å². The molecule has 16 heavy (non-hydrogen) atoms. The predicted molar refractivity (Wildman–Crippen MR) is 63.4 cm³/mol. The zero-order chi connectivity index (χ0) is 11.7. The Balaban J connectivity index is 2.80. The van der Waals surface area contributed by atoms with Gasteiger partial charge in [-0.3, -0.25) is 0 Å². The van der Waals surface area contributed by atoms with E-state index < -0.39 is 0 Å². The minimum atomic E-state index is -0.342. The van der Waals surface area contributed by atoms with E-state index in [9.17, 15) is 4.79 Å². The molecule has 0 aliphatic rings. The third kappa shape index (κ3) is 1.62. The van der Waals surface area contributed by atoms with Crippen LogP contribution in [0.3, 0.4) is 0 Å². The monoisotopic (exact) mass is 219 g/mol. The first-order chi connectivity index (χ1) is 7.63. The highest BCUT2D eigenvalue weighted by atomic mass is 16.5. The van der Waals surface area contributed by atoms with Crippen molar-refractivity contribution < 1.29 is 9.15 Å². The van der Waals surface area contributed by atoms with Gasteiger partial charge in [-0.2, -0.15) is 0 Å². The minimum absolute atomic E-state index is 0.342. The Kier molecular flexibility index (Phi) is 2.56. The molecule has 1 aromatic carbocycles. The Bertz CT molecular complexity index is 572. The summed E-state index contributed by atoms with van der Waals surface area (Å²) in [5.74, 6) is 0.698. The van der Waals surface area contributed by atoms with Crippen molar-refractivity contribution >= 4 is 16.7 Å². The first-order valence-electron chi connectivity index (χ1n) is 4.91. The zero-order valence-electron chi connectivity index (χ0n) is 9.48. The number of benzene rings is 1. The van der Waals surface area contributed by atoms with E-state index in [0.29, 0.717) is 17.0 Å². The van der Waals surface area contributed by atoms with Crippen molar-refractivity contribution in [1.82, 2.24) is 0 Å². The van der Waals surface area contributed by atoms with Gasteiger partial charge in [0, 0.05) is 14.1 Å². The molecular formula is C12H13NO3. The highest BCUT2D eigenvalue weighted by Crippen LogP contribution is 2.26. The molecule has 0 bridgehead atoms. The molecule has 84 valence electrons. The number of hydrogen-bond donors (Lipinski definition) is 0. The Morgan fingerprint density at radius 2 is 2.06 bits per heavy atom. The summed E-state index contributed by atoms with van der Waals surface area (Å²) < 4.78 is 10.4. The molecule has 0 saturated heterocycles. The second-order valence-electron chi connectivity index (χ2n) is 3.69. The van der Waals surface area contributed by atoms with Crippen LogP contribution in [0.5, 0.6) is 5.75 Å². The van der Waals surface area contributed by atoms with E-state index in [2.05, 4.69) is 0 Å². The van der Waals surface area contributed by atoms with E-state index >= 15 is 0 Å². The third-order valence-electron chi connectivity index (χ3n) is 2.42. The molecule has 0 spiro atoms. The van der Waals surface area contributed by atoms with Crippen LogP contribution in [0.15, 0.2) is 33.5 Å². The number of methoxy groups -OCH3 is 1. The van der Waals surface area contributed by atoms with Gasteiger partial charge >= 0.3 is 5.63 Å². The quantitative estimate of drug-likeness (QED) is 0.723. The third-order valence-corrected chi connectivity index (χ3v) is 2.42. The second-order valence-corrected chi connectivity index (χ2v) is 3.69. The van der Waals surface area contributed by atoms with Crippen LogP contribution in [0.2, 0.25) is 0 Å². The molecule has 0 aliphatic carbocycles. The van der Waals surface area contributed by atoms with E-state index in [0.717, 1.165) is 5.39 Å². The fourth-order valence-corrected chi connectivity index (χ4v) is 1.59. The molecule has 0 saturated carbocycles. The number of ether oxygens (including phenoxy) is 1. The summed E-state index contributed by atoms with van der Waals surface area (Å²) >= 11 is 0. The largest absolute Gasteiger partial charge is 0.496 e. The molecule has 0 radical (unpaired) electrons.